The van der Waals surface area contributed by atoms with E-state index in [0.29, 0.717) is 30.1 Å². The Kier molecular flexibility index (Phi) is 4.97. The third kappa shape index (κ3) is 3.31. The number of nitrogens with zero attached hydrogens (tertiary/aromatic N) is 2. The van der Waals surface area contributed by atoms with Crippen LogP contribution in [0.4, 0.5) is 5.69 Å². The molecule has 1 amide bonds. The van der Waals surface area contributed by atoms with Gasteiger partial charge in [0, 0.05) is 29.9 Å². The van der Waals surface area contributed by atoms with Crippen LogP contribution in [0.1, 0.15) is 44.3 Å². The Hall–Kier alpha value is -2.19. The van der Waals surface area contributed by atoms with Crippen LogP contribution < -0.4 is 16.1 Å². The second-order valence-corrected chi connectivity index (χ2v) is 11.3. The molecule has 0 radical (unpaired) electrons. The van der Waals surface area contributed by atoms with Crippen molar-refractivity contribution >= 4 is 21.4 Å². The molecule has 3 unspecified atom stereocenters. The van der Waals surface area contributed by atoms with E-state index in [1.54, 1.807) is 12.1 Å². The van der Waals surface area contributed by atoms with Gasteiger partial charge in [0.2, 0.25) is 5.91 Å². The van der Waals surface area contributed by atoms with E-state index in [1.165, 1.54) is 13.0 Å². The van der Waals surface area contributed by atoms with Crippen molar-refractivity contribution in [3.8, 4) is 6.07 Å². The number of nitriles is 1. The molecule has 3 aliphatic heterocycles. The zero-order valence-corrected chi connectivity index (χ0v) is 18.1. The van der Waals surface area contributed by atoms with Gasteiger partial charge < -0.3 is 15.7 Å². The molecule has 1 aliphatic carbocycles. The van der Waals surface area contributed by atoms with Gasteiger partial charge in [0.05, 0.1) is 34.7 Å². The number of hydrogen-bond acceptors (Lipinski definition) is 8. The van der Waals surface area contributed by atoms with E-state index in [1.807, 2.05) is 0 Å². The number of carbonyl (C=O) groups is 1. The number of aliphatic hydroxyl groups excluding tert-OH is 1. The molecule has 3 fully saturated rings. The fraction of sp³-hybridized carbons (Fsp3) is 0.619. The third-order valence-electron chi connectivity index (χ3n) is 7.18. The van der Waals surface area contributed by atoms with E-state index < -0.39 is 27.4 Å². The Labute approximate surface area is 181 Å². The van der Waals surface area contributed by atoms with Gasteiger partial charge in [-0.2, -0.15) is 5.26 Å². The van der Waals surface area contributed by atoms with E-state index >= 15 is 0 Å². The van der Waals surface area contributed by atoms with Crippen molar-refractivity contribution < 1.29 is 18.3 Å². The van der Waals surface area contributed by atoms with Crippen LogP contribution in [0.15, 0.2) is 23.1 Å². The zero-order valence-electron chi connectivity index (χ0n) is 17.3. The predicted octanol–water partition coefficient (Wildman–Crippen LogP) is 0.651. The molecule has 31 heavy (non-hydrogen) atoms. The molecule has 0 aromatic heterocycles. The summed E-state index contributed by atoms with van der Waals surface area (Å²) in [6, 6.07) is 7.22. The summed E-state index contributed by atoms with van der Waals surface area (Å²) < 4.78 is 24.9. The summed E-state index contributed by atoms with van der Waals surface area (Å²) in [5.41, 5.74) is 4.48. The quantitative estimate of drug-likeness (QED) is 0.519. The number of sulfone groups is 1. The van der Waals surface area contributed by atoms with Crippen molar-refractivity contribution in [2.75, 3.05) is 11.9 Å². The van der Waals surface area contributed by atoms with Crippen molar-refractivity contribution in [2.24, 2.45) is 11.8 Å². The summed E-state index contributed by atoms with van der Waals surface area (Å²) in [6.07, 6.45) is 1.94. The lowest BCUT2D eigenvalue weighted by Crippen LogP contribution is -2.52. The molecule has 4 N–H and O–H groups in total. The van der Waals surface area contributed by atoms with Crippen LogP contribution in [0.5, 0.6) is 0 Å². The first-order valence-electron chi connectivity index (χ1n) is 10.8. The molecule has 1 saturated carbocycles. The lowest BCUT2D eigenvalue weighted by Gasteiger charge is -2.34. The molecular formula is C21H27N5O4S. The first-order chi connectivity index (χ1) is 14.8. The van der Waals surface area contributed by atoms with Crippen LogP contribution in [0, 0.1) is 23.2 Å². The molecule has 166 valence electrons. The Morgan fingerprint density at radius 1 is 1.35 bits per heavy atom. The summed E-state index contributed by atoms with van der Waals surface area (Å²) in [6.45, 7) is 2.11. The molecule has 10 heteroatoms. The highest BCUT2D eigenvalue weighted by molar-refractivity contribution is 7.92. The van der Waals surface area contributed by atoms with Crippen LogP contribution in [-0.4, -0.2) is 54.5 Å². The minimum absolute atomic E-state index is 0.00869. The minimum Gasteiger partial charge on any atom is -0.387 e. The summed E-state index contributed by atoms with van der Waals surface area (Å²) in [5, 5.41) is 27.3. The van der Waals surface area contributed by atoms with Crippen molar-refractivity contribution in [3.05, 3.63) is 23.8 Å². The molecule has 0 spiro atoms. The van der Waals surface area contributed by atoms with Gasteiger partial charge in [0.1, 0.15) is 6.17 Å². The second-order valence-electron chi connectivity index (χ2n) is 9.05. The molecule has 1 aromatic carbocycles. The highest BCUT2D eigenvalue weighted by Crippen LogP contribution is 2.42. The lowest BCUT2D eigenvalue weighted by molar-refractivity contribution is -0.128. The van der Waals surface area contributed by atoms with Crippen LogP contribution >= 0.6 is 0 Å². The summed E-state index contributed by atoms with van der Waals surface area (Å²) in [7, 11) is -3.53. The Morgan fingerprint density at radius 2 is 2.13 bits per heavy atom. The van der Waals surface area contributed by atoms with Gasteiger partial charge in [-0.15, -0.1) is 0 Å². The SMILES string of the molecule is C[C@@H]1[C@H](O)c2cc(NC3NN([C@@H](CC#N)C4CC4)C4CCNC(=O)C34)ccc2S1(=O)=O. The lowest BCUT2D eigenvalue weighted by atomic mass is 9.90. The predicted molar refractivity (Wildman–Crippen MR) is 112 cm³/mol. The molecule has 1 aromatic rings. The van der Waals surface area contributed by atoms with E-state index in [0.717, 1.165) is 19.3 Å². The molecule has 4 aliphatic rings. The standard InChI is InChI=1S/C21H27N5O4S/c1-11-19(27)14-10-13(4-5-17(14)31(11,29)30)24-20-18-16(7-9-23-21(18)28)26(25-20)15(6-8-22)12-2-3-12/h4-5,10-12,15-16,18-20,24-25,27H,2-3,6-7,9H2,1H3,(H,23,28)/t11-,15+,16?,18?,19+,20?/m1/s1. The van der Waals surface area contributed by atoms with Crippen molar-refractivity contribution in [1.82, 2.24) is 15.8 Å². The minimum atomic E-state index is -3.53. The zero-order chi connectivity index (χ0) is 21.9. The third-order valence-corrected chi connectivity index (χ3v) is 9.40. The molecule has 0 bridgehead atoms. The molecule has 5 rings (SSSR count). The Morgan fingerprint density at radius 3 is 2.84 bits per heavy atom. The largest absolute Gasteiger partial charge is 0.387 e. The molecular weight excluding hydrogens is 418 g/mol. The van der Waals surface area contributed by atoms with Gasteiger partial charge in [0.25, 0.3) is 0 Å². The highest BCUT2D eigenvalue weighted by Gasteiger charge is 2.52. The molecule has 3 heterocycles. The van der Waals surface area contributed by atoms with Crippen molar-refractivity contribution in [1.29, 1.82) is 5.26 Å². The fourth-order valence-corrected chi connectivity index (χ4v) is 6.95. The first kappa shape index (κ1) is 20.7. The maximum Gasteiger partial charge on any atom is 0.228 e. The number of rotatable bonds is 5. The number of nitrogens with one attached hydrogen (secondary N) is 3. The van der Waals surface area contributed by atoms with E-state index in [-0.39, 0.29) is 28.8 Å². The van der Waals surface area contributed by atoms with Crippen molar-refractivity contribution in [2.45, 2.75) is 67.1 Å². The topological polar surface area (TPSA) is 135 Å². The number of hydrogen-bond donors (Lipinski definition) is 4. The summed E-state index contributed by atoms with van der Waals surface area (Å²) in [4.78, 5) is 12.9. The monoisotopic (exact) mass is 445 g/mol. The number of amides is 1. The number of aliphatic hydroxyl groups is 1. The highest BCUT2D eigenvalue weighted by atomic mass is 32.2. The van der Waals surface area contributed by atoms with E-state index in [4.69, 9.17) is 0 Å². The maximum absolute atomic E-state index is 12.8. The van der Waals surface area contributed by atoms with Gasteiger partial charge in [-0.25, -0.2) is 18.9 Å². The van der Waals surface area contributed by atoms with Crippen LogP contribution in [-0.2, 0) is 14.6 Å². The molecule has 6 atom stereocenters. The number of hydrazine groups is 1. The average molecular weight is 446 g/mol. The Bertz CT molecular complexity index is 1050. The van der Waals surface area contributed by atoms with E-state index in [2.05, 4.69) is 27.1 Å². The smallest absolute Gasteiger partial charge is 0.228 e. The van der Waals surface area contributed by atoms with Crippen LogP contribution in [0.2, 0.25) is 0 Å². The fourth-order valence-electron chi connectivity index (χ4n) is 5.30. The summed E-state index contributed by atoms with van der Waals surface area (Å²) >= 11 is 0. The number of anilines is 1. The van der Waals surface area contributed by atoms with Gasteiger partial charge in [-0.05, 0) is 50.3 Å². The molecule has 2 saturated heterocycles. The first-order valence-corrected chi connectivity index (χ1v) is 12.4. The maximum atomic E-state index is 12.8. The number of benzene rings is 1. The van der Waals surface area contributed by atoms with Crippen LogP contribution in [0.25, 0.3) is 0 Å². The van der Waals surface area contributed by atoms with Crippen molar-refractivity contribution in [3.63, 3.8) is 0 Å². The Balaban J connectivity index is 1.43. The second kappa shape index (κ2) is 7.45. The average Bonchev–Trinajstić information content (AvgIpc) is 3.50. The number of carbonyl (C=O) groups excluding carboxylic acids is 1. The van der Waals surface area contributed by atoms with Gasteiger partial charge in [-0.1, -0.05) is 0 Å². The van der Waals surface area contributed by atoms with Gasteiger partial charge in [-0.3, -0.25) is 4.79 Å². The number of piperidine rings is 1. The summed E-state index contributed by atoms with van der Waals surface area (Å²) in [5.74, 6) is 0.0977. The molecule has 9 nitrogen and oxygen atoms in total. The number of fused-ring (bicyclic) bond motifs is 2. The normalized spacial score (nSPS) is 35.0. The van der Waals surface area contributed by atoms with Gasteiger partial charge in [0.15, 0.2) is 9.84 Å². The van der Waals surface area contributed by atoms with E-state index in [9.17, 15) is 23.6 Å². The van der Waals surface area contributed by atoms with Crippen LogP contribution in [0.3, 0.4) is 0 Å². The van der Waals surface area contributed by atoms with Gasteiger partial charge >= 0.3 is 0 Å².